The average molecular weight is 256 g/mol. The van der Waals surface area contributed by atoms with Gasteiger partial charge in [-0.15, -0.1) is 0 Å². The van der Waals surface area contributed by atoms with Crippen molar-refractivity contribution in [2.24, 2.45) is 5.92 Å². The smallest absolute Gasteiger partial charge is 0.168 e. The van der Waals surface area contributed by atoms with Crippen molar-refractivity contribution in [1.82, 2.24) is 9.55 Å². The molecule has 0 radical (unpaired) electrons. The maximum atomic E-state index is 5.36. The minimum Gasteiger partial charge on any atom is -0.381 e. The van der Waals surface area contributed by atoms with E-state index in [9.17, 15) is 0 Å². The molecule has 1 heterocycles. The quantitative estimate of drug-likeness (QED) is 0.553. The molecule has 1 aromatic rings. The van der Waals surface area contributed by atoms with Crippen LogP contribution >= 0.6 is 11.8 Å². The summed E-state index contributed by atoms with van der Waals surface area (Å²) in [5.41, 5.74) is 2.43. The summed E-state index contributed by atoms with van der Waals surface area (Å²) in [5, 5.41) is 1.13. The highest BCUT2D eigenvalue weighted by molar-refractivity contribution is 7.99. The third kappa shape index (κ3) is 4.36. The number of imidazole rings is 1. The Bertz CT molecular complexity index is 347. The van der Waals surface area contributed by atoms with Gasteiger partial charge in [-0.2, -0.15) is 0 Å². The van der Waals surface area contributed by atoms with Crippen molar-refractivity contribution >= 4 is 11.8 Å². The lowest BCUT2D eigenvalue weighted by Crippen LogP contribution is -2.08. The molecule has 0 saturated heterocycles. The van der Waals surface area contributed by atoms with E-state index in [-0.39, 0.29) is 0 Å². The first kappa shape index (κ1) is 14.6. The zero-order valence-electron chi connectivity index (χ0n) is 11.6. The molecule has 0 fully saturated rings. The first-order valence-electron chi connectivity index (χ1n) is 6.30. The summed E-state index contributed by atoms with van der Waals surface area (Å²) < 4.78 is 7.69. The number of hydrogen-bond donors (Lipinski definition) is 0. The minimum atomic E-state index is 0.647. The maximum absolute atomic E-state index is 5.36. The second-order valence-corrected chi connectivity index (χ2v) is 5.68. The molecule has 4 heteroatoms. The number of aryl methyl sites for hydroxylation is 1. The molecule has 0 aliphatic rings. The third-order valence-electron chi connectivity index (χ3n) is 2.63. The van der Waals surface area contributed by atoms with Gasteiger partial charge in [-0.1, -0.05) is 25.6 Å². The molecule has 0 unspecified atom stereocenters. The van der Waals surface area contributed by atoms with Crippen LogP contribution in [0.1, 0.15) is 32.2 Å². The lowest BCUT2D eigenvalue weighted by atomic mass is 10.2. The minimum absolute atomic E-state index is 0.647. The van der Waals surface area contributed by atoms with Crippen LogP contribution in [0, 0.1) is 19.8 Å². The van der Waals surface area contributed by atoms with Crippen LogP contribution in [-0.4, -0.2) is 28.5 Å². The molecule has 0 bridgehead atoms. The van der Waals surface area contributed by atoms with Gasteiger partial charge in [0.1, 0.15) is 0 Å². The number of hydrogen-bond acceptors (Lipinski definition) is 3. The highest BCUT2D eigenvalue weighted by atomic mass is 32.2. The summed E-state index contributed by atoms with van der Waals surface area (Å²) >= 11 is 1.79. The molecule has 0 N–H and O–H groups in total. The largest absolute Gasteiger partial charge is 0.381 e. The monoisotopic (exact) mass is 256 g/mol. The Hall–Kier alpha value is -0.480. The Kier molecular flexibility index (Phi) is 6.06. The number of rotatable bonds is 7. The predicted octanol–water partition coefficient (Wildman–Crippen LogP) is 3.28. The first-order valence-corrected chi connectivity index (χ1v) is 7.29. The zero-order valence-corrected chi connectivity index (χ0v) is 12.4. The van der Waals surface area contributed by atoms with Gasteiger partial charge in [0.25, 0.3) is 0 Å². The zero-order chi connectivity index (χ0) is 12.8. The van der Waals surface area contributed by atoms with Crippen molar-refractivity contribution in [3.63, 3.8) is 0 Å². The van der Waals surface area contributed by atoms with Crippen molar-refractivity contribution < 1.29 is 4.74 Å². The van der Waals surface area contributed by atoms with E-state index in [2.05, 4.69) is 37.2 Å². The van der Waals surface area contributed by atoms with E-state index >= 15 is 0 Å². The molecule has 0 atom stereocenters. The van der Waals surface area contributed by atoms with E-state index in [0.29, 0.717) is 5.92 Å². The van der Waals surface area contributed by atoms with Gasteiger partial charge in [0, 0.05) is 24.6 Å². The predicted molar refractivity (Wildman–Crippen MR) is 73.8 cm³/mol. The SMILES string of the molecule is CCOCCSc1nc(C)c(C)n1CC(C)C. The number of ether oxygens (including phenoxy) is 1. The summed E-state index contributed by atoms with van der Waals surface area (Å²) in [6.45, 7) is 13.4. The topological polar surface area (TPSA) is 27.1 Å². The van der Waals surface area contributed by atoms with E-state index < -0.39 is 0 Å². The van der Waals surface area contributed by atoms with Crippen LogP contribution in [0.25, 0.3) is 0 Å². The molecule has 1 aromatic heterocycles. The van der Waals surface area contributed by atoms with Gasteiger partial charge < -0.3 is 9.30 Å². The average Bonchev–Trinajstić information content (AvgIpc) is 2.52. The lowest BCUT2D eigenvalue weighted by Gasteiger charge is -2.12. The first-order chi connectivity index (χ1) is 8.06. The fourth-order valence-electron chi connectivity index (χ4n) is 1.65. The molecule has 0 aliphatic heterocycles. The molecule has 98 valence electrons. The maximum Gasteiger partial charge on any atom is 0.168 e. The van der Waals surface area contributed by atoms with E-state index in [4.69, 9.17) is 4.74 Å². The van der Waals surface area contributed by atoms with Crippen LogP contribution < -0.4 is 0 Å². The van der Waals surface area contributed by atoms with Crippen molar-refractivity contribution in [1.29, 1.82) is 0 Å². The van der Waals surface area contributed by atoms with Gasteiger partial charge in [0.15, 0.2) is 5.16 Å². The molecule has 0 aromatic carbocycles. The van der Waals surface area contributed by atoms with Crippen LogP contribution in [0.2, 0.25) is 0 Å². The van der Waals surface area contributed by atoms with Crippen LogP contribution in [0.15, 0.2) is 5.16 Å². The number of nitrogens with zero attached hydrogens (tertiary/aromatic N) is 2. The van der Waals surface area contributed by atoms with Gasteiger partial charge in [-0.3, -0.25) is 0 Å². The summed E-state index contributed by atoms with van der Waals surface area (Å²) in [5.74, 6) is 1.62. The highest BCUT2D eigenvalue weighted by Crippen LogP contribution is 2.22. The Morgan fingerprint density at radius 1 is 1.35 bits per heavy atom. The molecular weight excluding hydrogens is 232 g/mol. The summed E-state index contributed by atoms with van der Waals surface area (Å²) in [4.78, 5) is 4.63. The van der Waals surface area contributed by atoms with Gasteiger partial charge >= 0.3 is 0 Å². The Morgan fingerprint density at radius 2 is 2.06 bits per heavy atom. The van der Waals surface area contributed by atoms with Crippen molar-refractivity contribution in [3.8, 4) is 0 Å². The molecular formula is C13H24N2OS. The third-order valence-corrected chi connectivity index (χ3v) is 3.57. The van der Waals surface area contributed by atoms with Crippen LogP contribution in [0.3, 0.4) is 0 Å². The van der Waals surface area contributed by atoms with Crippen LogP contribution in [0.4, 0.5) is 0 Å². The van der Waals surface area contributed by atoms with Crippen LogP contribution in [0.5, 0.6) is 0 Å². The number of thioether (sulfide) groups is 1. The Labute approximate surface area is 109 Å². The molecule has 0 spiro atoms. The van der Waals surface area contributed by atoms with Gasteiger partial charge in [-0.25, -0.2) is 4.98 Å². The molecule has 0 amide bonds. The summed E-state index contributed by atoms with van der Waals surface area (Å²) in [6.07, 6.45) is 0. The highest BCUT2D eigenvalue weighted by Gasteiger charge is 2.12. The second-order valence-electron chi connectivity index (χ2n) is 4.62. The van der Waals surface area contributed by atoms with E-state index in [1.54, 1.807) is 11.8 Å². The fraction of sp³-hybridized carbons (Fsp3) is 0.769. The van der Waals surface area contributed by atoms with Gasteiger partial charge in [0.2, 0.25) is 0 Å². The van der Waals surface area contributed by atoms with Crippen molar-refractivity contribution in [2.45, 2.75) is 46.3 Å². The molecule has 0 saturated carbocycles. The van der Waals surface area contributed by atoms with Crippen molar-refractivity contribution in [2.75, 3.05) is 19.0 Å². The number of aromatic nitrogens is 2. The van der Waals surface area contributed by atoms with E-state index in [1.807, 2.05) is 6.92 Å². The van der Waals surface area contributed by atoms with Crippen molar-refractivity contribution in [3.05, 3.63) is 11.4 Å². The standard InChI is InChI=1S/C13H24N2OS/c1-6-16-7-8-17-13-14-11(4)12(5)15(13)9-10(2)3/h10H,6-9H2,1-5H3. The van der Waals surface area contributed by atoms with E-state index in [1.165, 1.54) is 5.69 Å². The van der Waals surface area contributed by atoms with Gasteiger partial charge in [0.05, 0.1) is 12.3 Å². The Balaban J connectivity index is 2.66. The summed E-state index contributed by atoms with van der Waals surface area (Å²) in [6, 6.07) is 0. The fourth-order valence-corrected chi connectivity index (χ4v) is 2.60. The Morgan fingerprint density at radius 3 is 2.65 bits per heavy atom. The normalized spacial score (nSPS) is 11.4. The lowest BCUT2D eigenvalue weighted by molar-refractivity contribution is 0.164. The molecule has 1 rings (SSSR count). The van der Waals surface area contributed by atoms with E-state index in [0.717, 1.165) is 36.4 Å². The van der Waals surface area contributed by atoms with Gasteiger partial charge in [-0.05, 0) is 26.7 Å². The summed E-state index contributed by atoms with van der Waals surface area (Å²) in [7, 11) is 0. The van der Waals surface area contributed by atoms with Crippen LogP contribution in [-0.2, 0) is 11.3 Å². The second kappa shape index (κ2) is 7.07. The molecule has 3 nitrogen and oxygen atoms in total. The molecule has 0 aliphatic carbocycles. The molecule has 17 heavy (non-hydrogen) atoms.